The Morgan fingerprint density at radius 3 is 2.59 bits per heavy atom. The lowest BCUT2D eigenvalue weighted by Gasteiger charge is -2.16. The van der Waals surface area contributed by atoms with Crippen molar-refractivity contribution in [2.75, 3.05) is 0 Å². The zero-order valence-corrected chi connectivity index (χ0v) is 11.4. The summed E-state index contributed by atoms with van der Waals surface area (Å²) in [6.07, 6.45) is 0. The highest BCUT2D eigenvalue weighted by Gasteiger charge is 2.10. The van der Waals surface area contributed by atoms with E-state index in [-0.39, 0.29) is 5.84 Å². The van der Waals surface area contributed by atoms with Crippen molar-refractivity contribution in [1.82, 2.24) is 0 Å². The smallest absolute Gasteiger partial charge is 0.170 e. The lowest BCUT2D eigenvalue weighted by Crippen LogP contribution is -2.15. The number of rotatable bonds is 5. The van der Waals surface area contributed by atoms with Crippen molar-refractivity contribution in [3.8, 4) is 0 Å². The molecule has 0 amide bonds. The molecule has 0 aliphatic rings. The highest BCUT2D eigenvalue weighted by molar-refractivity contribution is 7.99. The molecule has 1 unspecified atom stereocenters. The van der Waals surface area contributed by atoms with Crippen molar-refractivity contribution in [1.29, 1.82) is 0 Å². The van der Waals surface area contributed by atoms with Crippen molar-refractivity contribution >= 4 is 17.6 Å². The summed E-state index contributed by atoms with van der Waals surface area (Å²) in [7, 11) is 0. The van der Waals surface area contributed by atoms with Crippen molar-refractivity contribution < 1.29 is 5.21 Å². The first-order valence-corrected chi connectivity index (χ1v) is 6.78. The summed E-state index contributed by atoms with van der Waals surface area (Å²) >= 11 is 1.89. The van der Waals surface area contributed by atoms with Crippen molar-refractivity contribution in [2.24, 2.45) is 16.8 Å². The summed E-state index contributed by atoms with van der Waals surface area (Å²) in [4.78, 5) is 0. The fourth-order valence-corrected chi connectivity index (χ4v) is 2.44. The molecule has 94 valence electrons. The second-order valence-electron chi connectivity index (χ2n) is 4.40. The van der Waals surface area contributed by atoms with Crippen molar-refractivity contribution in [3.63, 3.8) is 0 Å². The van der Waals surface area contributed by atoms with Crippen LogP contribution in [-0.4, -0.2) is 16.3 Å². The Morgan fingerprint density at radius 1 is 1.35 bits per heavy atom. The van der Waals surface area contributed by atoms with Crippen molar-refractivity contribution in [3.05, 3.63) is 35.4 Å². The highest BCUT2D eigenvalue weighted by Crippen LogP contribution is 2.24. The van der Waals surface area contributed by atoms with Gasteiger partial charge < -0.3 is 10.9 Å². The quantitative estimate of drug-likeness (QED) is 0.366. The van der Waals surface area contributed by atoms with E-state index in [1.807, 2.05) is 36.0 Å². The van der Waals surface area contributed by atoms with Gasteiger partial charge in [-0.15, -0.1) is 0 Å². The van der Waals surface area contributed by atoms with E-state index in [1.54, 1.807) is 0 Å². The van der Waals surface area contributed by atoms with Gasteiger partial charge >= 0.3 is 0 Å². The normalized spacial score (nSPS) is 14.0. The predicted octanol–water partition coefficient (Wildman–Crippen LogP) is 3.06. The molecule has 1 aromatic rings. The Balaban J connectivity index is 2.78. The lowest BCUT2D eigenvalue weighted by atomic mass is 10.1. The number of benzene rings is 1. The van der Waals surface area contributed by atoms with Gasteiger partial charge in [-0.1, -0.05) is 50.2 Å². The van der Waals surface area contributed by atoms with E-state index >= 15 is 0 Å². The maximum Gasteiger partial charge on any atom is 0.170 e. The molecule has 1 aromatic carbocycles. The molecule has 0 saturated carbocycles. The van der Waals surface area contributed by atoms with Crippen LogP contribution in [0, 0.1) is 5.92 Å². The van der Waals surface area contributed by atoms with Gasteiger partial charge in [0.2, 0.25) is 0 Å². The Morgan fingerprint density at radius 2 is 2.00 bits per heavy atom. The molecule has 3 N–H and O–H groups in total. The Bertz CT molecular complexity index is 391. The SMILES string of the molecule is CC(C)C(C)SCc1ccccc1/C(N)=N/O. The monoisotopic (exact) mass is 252 g/mol. The number of amidine groups is 1. The molecule has 0 aliphatic heterocycles. The first kappa shape index (κ1) is 13.9. The third kappa shape index (κ3) is 3.97. The van der Waals surface area contributed by atoms with Gasteiger partial charge in [0.15, 0.2) is 5.84 Å². The largest absolute Gasteiger partial charge is 0.409 e. The molecular weight excluding hydrogens is 232 g/mol. The van der Waals surface area contributed by atoms with Gasteiger partial charge in [0.05, 0.1) is 0 Å². The standard InChI is InChI=1S/C13H20N2OS/c1-9(2)10(3)17-8-11-6-4-5-7-12(11)13(14)15-16/h4-7,9-10,16H,8H2,1-3H3,(H2,14,15). The highest BCUT2D eigenvalue weighted by atomic mass is 32.2. The maximum absolute atomic E-state index is 8.73. The van der Waals surface area contributed by atoms with Crippen LogP contribution in [0.2, 0.25) is 0 Å². The first-order valence-electron chi connectivity index (χ1n) is 5.73. The molecular formula is C13H20N2OS. The zero-order valence-electron chi connectivity index (χ0n) is 10.6. The Kier molecular flexibility index (Phi) is 5.35. The molecule has 1 atom stereocenters. The zero-order chi connectivity index (χ0) is 12.8. The molecule has 17 heavy (non-hydrogen) atoms. The summed E-state index contributed by atoms with van der Waals surface area (Å²) in [6.45, 7) is 6.65. The van der Waals surface area contributed by atoms with E-state index < -0.39 is 0 Å². The molecule has 3 nitrogen and oxygen atoms in total. The number of oxime groups is 1. The number of thioether (sulfide) groups is 1. The second-order valence-corrected chi connectivity index (χ2v) is 5.77. The van der Waals surface area contributed by atoms with Gasteiger partial charge in [0.1, 0.15) is 0 Å². The Hall–Kier alpha value is -1.16. The molecule has 0 spiro atoms. The van der Waals surface area contributed by atoms with Crippen LogP contribution in [0.3, 0.4) is 0 Å². The van der Waals surface area contributed by atoms with E-state index in [4.69, 9.17) is 10.9 Å². The maximum atomic E-state index is 8.73. The number of hydrogen-bond donors (Lipinski definition) is 2. The van der Waals surface area contributed by atoms with Crippen LogP contribution in [-0.2, 0) is 5.75 Å². The van der Waals surface area contributed by atoms with Gasteiger partial charge in [-0.2, -0.15) is 11.8 Å². The fraction of sp³-hybridized carbons (Fsp3) is 0.462. The van der Waals surface area contributed by atoms with Crippen LogP contribution in [0.5, 0.6) is 0 Å². The summed E-state index contributed by atoms with van der Waals surface area (Å²) in [6, 6.07) is 7.77. The number of hydrogen-bond acceptors (Lipinski definition) is 3. The van der Waals surface area contributed by atoms with E-state index in [2.05, 4.69) is 25.9 Å². The average molecular weight is 252 g/mol. The van der Waals surface area contributed by atoms with Crippen molar-refractivity contribution in [2.45, 2.75) is 31.8 Å². The van der Waals surface area contributed by atoms with E-state index in [9.17, 15) is 0 Å². The molecule has 1 rings (SSSR count). The summed E-state index contributed by atoms with van der Waals surface area (Å²) in [5.41, 5.74) is 7.58. The minimum Gasteiger partial charge on any atom is -0.409 e. The van der Waals surface area contributed by atoms with E-state index in [1.165, 1.54) is 0 Å². The van der Waals surface area contributed by atoms with Crippen LogP contribution in [0.1, 0.15) is 31.9 Å². The molecule has 0 aliphatic carbocycles. The van der Waals surface area contributed by atoms with Gasteiger partial charge in [0.25, 0.3) is 0 Å². The van der Waals surface area contributed by atoms with E-state index in [0.717, 1.165) is 16.9 Å². The fourth-order valence-electron chi connectivity index (χ4n) is 1.36. The van der Waals surface area contributed by atoms with Gasteiger partial charge in [-0.05, 0) is 11.5 Å². The van der Waals surface area contributed by atoms with Crippen LogP contribution >= 0.6 is 11.8 Å². The molecule has 0 saturated heterocycles. The Labute approximate surface area is 107 Å². The van der Waals surface area contributed by atoms with Crippen LogP contribution in [0.15, 0.2) is 29.4 Å². The minimum absolute atomic E-state index is 0.179. The summed E-state index contributed by atoms with van der Waals surface area (Å²) < 4.78 is 0. The third-order valence-corrected chi connectivity index (χ3v) is 4.39. The molecule has 0 fully saturated rings. The number of nitrogens with zero attached hydrogens (tertiary/aromatic N) is 1. The second kappa shape index (κ2) is 6.55. The minimum atomic E-state index is 0.179. The predicted molar refractivity (Wildman–Crippen MR) is 74.5 cm³/mol. The van der Waals surface area contributed by atoms with Crippen LogP contribution < -0.4 is 5.73 Å². The molecule has 0 radical (unpaired) electrons. The summed E-state index contributed by atoms with van der Waals surface area (Å²) in [5.74, 6) is 1.71. The first-order chi connectivity index (χ1) is 8.06. The molecule has 0 heterocycles. The van der Waals surface area contributed by atoms with Crippen LogP contribution in [0.4, 0.5) is 0 Å². The van der Waals surface area contributed by atoms with Crippen LogP contribution in [0.25, 0.3) is 0 Å². The van der Waals surface area contributed by atoms with E-state index in [0.29, 0.717) is 11.2 Å². The van der Waals surface area contributed by atoms with Gasteiger partial charge in [-0.25, -0.2) is 0 Å². The topological polar surface area (TPSA) is 58.6 Å². The molecule has 0 bridgehead atoms. The van der Waals surface area contributed by atoms with Gasteiger partial charge in [0, 0.05) is 16.6 Å². The molecule has 4 heteroatoms. The molecule has 0 aromatic heterocycles. The average Bonchev–Trinajstić information content (AvgIpc) is 2.35. The third-order valence-electron chi connectivity index (χ3n) is 2.84. The lowest BCUT2D eigenvalue weighted by molar-refractivity contribution is 0.318. The number of nitrogens with two attached hydrogens (primary N) is 1. The van der Waals surface area contributed by atoms with Gasteiger partial charge in [-0.3, -0.25) is 0 Å². The summed E-state index contributed by atoms with van der Waals surface area (Å²) in [5, 5.41) is 12.4.